The number of nitrogens with zero attached hydrogens (tertiary/aromatic N) is 3. The van der Waals surface area contributed by atoms with Gasteiger partial charge < -0.3 is 4.74 Å². The second-order valence-corrected chi connectivity index (χ2v) is 21.8. The van der Waals surface area contributed by atoms with Crippen LogP contribution in [0.15, 0.2) is 133 Å². The fourth-order valence-electron chi connectivity index (χ4n) is 10.2. The minimum Gasteiger partial charge on any atom is -0.392 e. The summed E-state index contributed by atoms with van der Waals surface area (Å²) in [6.45, 7) is 28.3. The largest absolute Gasteiger partial charge is 0.499 e. The molecule has 5 heterocycles. The van der Waals surface area contributed by atoms with E-state index in [1.54, 1.807) is 11.5 Å². The lowest BCUT2D eigenvalue weighted by Crippen LogP contribution is -2.78. The zero-order valence-electron chi connectivity index (χ0n) is 47.1. The number of fused-ring (bicyclic) bond motifs is 5. The Bertz CT molecular complexity index is 3680. The molecule has 0 bridgehead atoms. The van der Waals surface area contributed by atoms with Crippen LogP contribution >= 0.6 is 0 Å². The third-order valence-corrected chi connectivity index (χ3v) is 15.0. The highest BCUT2D eigenvalue weighted by Gasteiger charge is 2.69. The van der Waals surface area contributed by atoms with Crippen LogP contribution in [0.3, 0.4) is 0 Å². The number of aromatic nitrogens is 3. The third kappa shape index (κ3) is 5.81. The Kier molecular flexibility index (Phi) is 7.29. The molecule has 6 aromatic carbocycles. The van der Waals surface area contributed by atoms with Gasteiger partial charge in [-0.2, -0.15) is 4.57 Å². The monoisotopic (exact) mass is 861 g/mol. The molecule has 0 saturated carbocycles. The van der Waals surface area contributed by atoms with Crippen molar-refractivity contribution in [1.29, 1.82) is 0 Å². The zero-order chi connectivity index (χ0) is 51.8. The first kappa shape index (κ1) is 34.1. The highest BCUT2D eigenvalue weighted by molar-refractivity contribution is 5.98. The van der Waals surface area contributed by atoms with Gasteiger partial charge in [-0.15, -0.1) is 9.13 Å². The second-order valence-electron chi connectivity index (χ2n) is 21.8. The van der Waals surface area contributed by atoms with Gasteiger partial charge in [0.25, 0.3) is 0 Å². The number of imidazole rings is 1. The molecule has 0 fully saturated rings. The minimum absolute atomic E-state index is 0.00574. The first-order chi connectivity index (χ1) is 33.7. The predicted octanol–water partition coefficient (Wildman–Crippen LogP) is 14.9. The molecule has 0 aliphatic carbocycles. The molecule has 11 rings (SSSR count). The molecule has 8 aromatic rings. The van der Waals surface area contributed by atoms with Crippen LogP contribution in [0, 0.1) is 12.3 Å². The number of hydrogen-bond acceptors (Lipinski definition) is 1. The average molecular weight is 861 g/mol. The van der Waals surface area contributed by atoms with Crippen LogP contribution in [0.2, 0.25) is 0 Å². The number of hydrogen-bond donors (Lipinski definition) is 0. The summed E-state index contributed by atoms with van der Waals surface area (Å²) in [5, 5.41) is 0. The zero-order valence-corrected chi connectivity index (χ0v) is 40.1. The van der Waals surface area contributed by atoms with E-state index in [-0.39, 0.29) is 87.2 Å². The molecule has 0 amide bonds. The van der Waals surface area contributed by atoms with Crippen molar-refractivity contribution in [2.75, 3.05) is 0 Å². The molecular formula is C61H63N3O+2. The van der Waals surface area contributed by atoms with Crippen LogP contribution in [0.25, 0.3) is 72.7 Å². The van der Waals surface area contributed by atoms with Crippen molar-refractivity contribution in [2.45, 2.75) is 119 Å². The fraction of sp³-hybridized carbons (Fsp3) is 0.311. The van der Waals surface area contributed by atoms with E-state index in [9.17, 15) is 6.85 Å². The Morgan fingerprint density at radius 2 is 1.35 bits per heavy atom. The molecule has 0 radical (unpaired) electrons. The van der Waals surface area contributed by atoms with Crippen LogP contribution in [-0.2, 0) is 16.7 Å². The molecule has 65 heavy (non-hydrogen) atoms. The van der Waals surface area contributed by atoms with Gasteiger partial charge in [0.05, 0.1) is 13.8 Å². The Labute approximate surface area is 396 Å². The van der Waals surface area contributed by atoms with Gasteiger partial charge in [0.15, 0.2) is 23.0 Å². The van der Waals surface area contributed by atoms with E-state index < -0.39 is 5.85 Å². The quantitative estimate of drug-likeness (QED) is 0.153. The maximum Gasteiger partial charge on any atom is 0.499 e. The summed E-state index contributed by atoms with van der Waals surface area (Å²) in [7, 11) is 0. The smallest absolute Gasteiger partial charge is 0.392 e. The average Bonchev–Trinajstić information content (AvgIpc) is 3.84. The molecule has 326 valence electrons. The van der Waals surface area contributed by atoms with Crippen LogP contribution in [0.5, 0.6) is 5.75 Å². The number of pyridine rings is 1. The maximum atomic E-state index is 10.4. The van der Waals surface area contributed by atoms with E-state index in [2.05, 4.69) is 183 Å². The summed E-state index contributed by atoms with van der Waals surface area (Å²) < 4.78 is 81.1. The van der Waals surface area contributed by atoms with Crippen LogP contribution < -0.4 is 13.9 Å². The lowest BCUT2D eigenvalue weighted by molar-refractivity contribution is -0.997. The van der Waals surface area contributed by atoms with Gasteiger partial charge in [-0.3, -0.25) is 0 Å². The van der Waals surface area contributed by atoms with Crippen molar-refractivity contribution >= 4 is 11.0 Å². The molecule has 0 saturated heterocycles. The molecule has 3 aliphatic rings. The number of benzene rings is 6. The van der Waals surface area contributed by atoms with Gasteiger partial charge in [0, 0.05) is 28.8 Å². The van der Waals surface area contributed by atoms with E-state index in [1.165, 1.54) is 5.56 Å². The van der Waals surface area contributed by atoms with Crippen molar-refractivity contribution in [3.8, 4) is 67.5 Å². The summed E-state index contributed by atoms with van der Waals surface area (Å²) in [6.07, 6.45) is -0.279. The summed E-state index contributed by atoms with van der Waals surface area (Å²) in [4.78, 5) is 0. The van der Waals surface area contributed by atoms with Crippen molar-refractivity contribution in [2.24, 2.45) is 5.41 Å². The second kappa shape index (κ2) is 13.9. The molecule has 3 aliphatic heterocycles. The highest BCUT2D eigenvalue weighted by Crippen LogP contribution is 2.56. The molecule has 1 spiro atoms. The number of ether oxygens (including phenoxy) is 1. The SMILES string of the molecule is [2H]c1c([2H])c(-c2c([2H])c([2H])[n+]3c(c2[2H])-c2cc(C(C)(C)C)cc4c2C32Oc3c(cc(C(C)C)cc3C(C)C)-c3n(-c5ccc(C(C)(C)C(C)(C)C)cc5-c5ccccc5)c5cccc-4c5[n+]32)c([2H])c([2H])c1C. The highest BCUT2D eigenvalue weighted by atomic mass is 16.5. The normalized spacial score (nSPS) is 17.4. The van der Waals surface area contributed by atoms with Crippen LogP contribution in [0.1, 0.15) is 138 Å². The van der Waals surface area contributed by atoms with Crippen LogP contribution in [-0.4, -0.2) is 4.57 Å². The molecule has 0 N–H and O–H groups in total. The van der Waals surface area contributed by atoms with Gasteiger partial charge in [0.1, 0.15) is 18.2 Å². The van der Waals surface area contributed by atoms with Gasteiger partial charge >= 0.3 is 11.7 Å². The minimum atomic E-state index is -1.69. The molecule has 2 aromatic heterocycles. The lowest BCUT2D eigenvalue weighted by atomic mass is 9.65. The van der Waals surface area contributed by atoms with Crippen molar-refractivity contribution < 1.29 is 23.5 Å². The molecular weight excluding hydrogens is 791 g/mol. The van der Waals surface area contributed by atoms with Crippen molar-refractivity contribution in [3.63, 3.8) is 0 Å². The van der Waals surface area contributed by atoms with Gasteiger partial charge in [-0.25, -0.2) is 0 Å². The Morgan fingerprint density at radius 3 is 2.03 bits per heavy atom. The van der Waals surface area contributed by atoms with E-state index in [0.29, 0.717) is 17.0 Å². The predicted molar refractivity (Wildman–Crippen MR) is 268 cm³/mol. The topological polar surface area (TPSA) is 21.9 Å². The summed E-state index contributed by atoms with van der Waals surface area (Å²) in [5.41, 5.74) is 12.9. The van der Waals surface area contributed by atoms with Crippen LogP contribution in [0.4, 0.5) is 0 Å². The number of rotatable bonds is 6. The molecule has 1 atom stereocenters. The van der Waals surface area contributed by atoms with E-state index >= 15 is 0 Å². The number of para-hydroxylation sites is 1. The van der Waals surface area contributed by atoms with Gasteiger partial charge in [-0.05, 0) is 116 Å². The summed E-state index contributed by atoms with van der Waals surface area (Å²) in [6, 6.07) is 31.1. The molecule has 1 unspecified atom stereocenters. The van der Waals surface area contributed by atoms with E-state index in [0.717, 1.165) is 72.6 Å². The van der Waals surface area contributed by atoms with Crippen molar-refractivity contribution in [1.82, 2.24) is 4.57 Å². The first-order valence-corrected chi connectivity index (χ1v) is 23.3. The summed E-state index contributed by atoms with van der Waals surface area (Å²) in [5.74, 6) is -0.0171. The van der Waals surface area contributed by atoms with E-state index in [4.69, 9.17) is 7.48 Å². The van der Waals surface area contributed by atoms with Crippen molar-refractivity contribution in [3.05, 3.63) is 167 Å². The van der Waals surface area contributed by atoms with Gasteiger partial charge in [0.2, 0.25) is 5.69 Å². The Morgan fingerprint density at radius 1 is 0.646 bits per heavy atom. The third-order valence-electron chi connectivity index (χ3n) is 15.0. The molecule has 4 heteroatoms. The van der Waals surface area contributed by atoms with E-state index in [1.807, 2.05) is 0 Å². The summed E-state index contributed by atoms with van der Waals surface area (Å²) >= 11 is 0. The Hall–Kier alpha value is -6.26. The maximum absolute atomic E-state index is 10.4. The standard InChI is InChI=1S/C61H63N3O/c1-36(2)42-30-46(37(3)4)56-50(31-42)57-63(51-27-26-43(60(12,13)59(9,10)11)33-47(51)40-18-15-14-16-19-40)52-21-17-20-45-48-34-44(58(6,7)8)35-49-53-32-41(39-24-22-38(5)23-25-39)28-29-62(53)61(65-56,54(48)49)64(57)55(45)52/h14-37H,1-13H3/q+2/i22D,23D,24D,25D,28D,29D,32D. The Balaban J connectivity index is 1.39. The van der Waals surface area contributed by atoms with Gasteiger partial charge in [-0.1, -0.05) is 161 Å². The first-order valence-electron chi connectivity index (χ1n) is 26.8. The fourth-order valence-corrected chi connectivity index (χ4v) is 10.2. The molecule has 4 nitrogen and oxygen atoms in total. The lowest BCUT2D eigenvalue weighted by Gasteiger charge is -2.39.